The molecule has 1 atom stereocenters. The lowest BCUT2D eigenvalue weighted by Crippen LogP contribution is -2.41. The molecular weight excluding hydrogens is 266 g/mol. The summed E-state index contributed by atoms with van der Waals surface area (Å²) < 4.78 is 5.19. The SMILES string of the molecule is COc1ccc(Cl)cc1CC(=O)N[C@H](CO)C(C)C. The summed E-state index contributed by atoms with van der Waals surface area (Å²) >= 11 is 5.91. The second-order valence-corrected chi connectivity index (χ2v) is 5.17. The van der Waals surface area contributed by atoms with E-state index in [1.165, 1.54) is 0 Å². The van der Waals surface area contributed by atoms with E-state index in [9.17, 15) is 9.90 Å². The van der Waals surface area contributed by atoms with Crippen LogP contribution in [0.15, 0.2) is 18.2 Å². The minimum Gasteiger partial charge on any atom is -0.496 e. The quantitative estimate of drug-likeness (QED) is 0.841. The van der Waals surface area contributed by atoms with Crippen LogP contribution in [0.2, 0.25) is 5.02 Å². The number of carbonyl (C=O) groups excluding carboxylic acids is 1. The summed E-state index contributed by atoms with van der Waals surface area (Å²) in [6, 6.07) is 4.92. The Morgan fingerprint density at radius 1 is 1.47 bits per heavy atom. The zero-order valence-electron chi connectivity index (χ0n) is 11.4. The van der Waals surface area contributed by atoms with Gasteiger partial charge < -0.3 is 15.2 Å². The number of hydrogen-bond donors (Lipinski definition) is 2. The van der Waals surface area contributed by atoms with E-state index < -0.39 is 0 Å². The standard InChI is InChI=1S/C14H20ClNO3/c1-9(2)12(8-17)16-14(18)7-10-6-11(15)4-5-13(10)19-3/h4-6,9,12,17H,7-8H2,1-3H3,(H,16,18)/t12-/m1/s1. The van der Waals surface area contributed by atoms with Gasteiger partial charge in [-0.3, -0.25) is 4.79 Å². The number of rotatable bonds is 6. The van der Waals surface area contributed by atoms with Crippen LogP contribution in [0, 0.1) is 5.92 Å². The van der Waals surface area contributed by atoms with Crippen molar-refractivity contribution in [2.75, 3.05) is 13.7 Å². The number of nitrogens with one attached hydrogen (secondary N) is 1. The van der Waals surface area contributed by atoms with E-state index in [2.05, 4.69) is 5.32 Å². The molecule has 0 aliphatic heterocycles. The van der Waals surface area contributed by atoms with Crippen molar-refractivity contribution in [3.05, 3.63) is 28.8 Å². The number of hydrogen-bond acceptors (Lipinski definition) is 3. The maximum Gasteiger partial charge on any atom is 0.224 e. The third-order valence-electron chi connectivity index (χ3n) is 2.94. The molecule has 1 rings (SSSR count). The van der Waals surface area contributed by atoms with E-state index >= 15 is 0 Å². The van der Waals surface area contributed by atoms with E-state index in [0.717, 1.165) is 5.56 Å². The normalized spacial score (nSPS) is 12.3. The molecule has 1 amide bonds. The van der Waals surface area contributed by atoms with Gasteiger partial charge in [-0.15, -0.1) is 0 Å². The van der Waals surface area contributed by atoms with Crippen molar-refractivity contribution in [3.63, 3.8) is 0 Å². The number of carbonyl (C=O) groups is 1. The number of ether oxygens (including phenoxy) is 1. The Morgan fingerprint density at radius 2 is 2.16 bits per heavy atom. The van der Waals surface area contributed by atoms with Crippen LogP contribution >= 0.6 is 11.6 Å². The first-order valence-corrected chi connectivity index (χ1v) is 6.58. The molecule has 0 heterocycles. The third-order valence-corrected chi connectivity index (χ3v) is 3.18. The number of aliphatic hydroxyl groups excluding tert-OH is 1. The third kappa shape index (κ3) is 4.73. The van der Waals surface area contributed by atoms with Crippen molar-refractivity contribution in [1.29, 1.82) is 0 Å². The molecule has 0 saturated carbocycles. The summed E-state index contributed by atoms with van der Waals surface area (Å²) in [5.74, 6) is 0.646. The van der Waals surface area contributed by atoms with Gasteiger partial charge in [0.05, 0.1) is 26.2 Å². The molecule has 0 saturated heterocycles. The molecule has 0 bridgehead atoms. The Labute approximate surface area is 118 Å². The van der Waals surface area contributed by atoms with Gasteiger partial charge in [0.2, 0.25) is 5.91 Å². The molecule has 0 spiro atoms. The lowest BCUT2D eigenvalue weighted by atomic mass is 10.0. The summed E-state index contributed by atoms with van der Waals surface area (Å²) in [6.07, 6.45) is 0.174. The second-order valence-electron chi connectivity index (χ2n) is 4.73. The van der Waals surface area contributed by atoms with Crippen molar-refractivity contribution in [2.45, 2.75) is 26.3 Å². The molecule has 0 aliphatic rings. The highest BCUT2D eigenvalue weighted by molar-refractivity contribution is 6.30. The summed E-state index contributed by atoms with van der Waals surface area (Å²) in [5.41, 5.74) is 0.730. The first-order chi connectivity index (χ1) is 8.97. The zero-order valence-corrected chi connectivity index (χ0v) is 12.2. The van der Waals surface area contributed by atoms with Crippen LogP contribution in [0.1, 0.15) is 19.4 Å². The van der Waals surface area contributed by atoms with Crippen LogP contribution in [-0.2, 0) is 11.2 Å². The zero-order chi connectivity index (χ0) is 14.4. The number of amides is 1. The minimum absolute atomic E-state index is 0.0733. The van der Waals surface area contributed by atoms with E-state index in [4.69, 9.17) is 16.3 Å². The van der Waals surface area contributed by atoms with E-state index in [0.29, 0.717) is 10.8 Å². The van der Waals surface area contributed by atoms with Gasteiger partial charge in [0, 0.05) is 10.6 Å². The van der Waals surface area contributed by atoms with Crippen LogP contribution in [0.25, 0.3) is 0 Å². The molecule has 1 aromatic carbocycles. The lowest BCUT2D eigenvalue weighted by molar-refractivity contribution is -0.121. The van der Waals surface area contributed by atoms with Crippen molar-refractivity contribution in [3.8, 4) is 5.75 Å². The summed E-state index contributed by atoms with van der Waals surface area (Å²) in [4.78, 5) is 11.9. The molecule has 2 N–H and O–H groups in total. The van der Waals surface area contributed by atoms with Crippen LogP contribution < -0.4 is 10.1 Å². The van der Waals surface area contributed by atoms with Crippen molar-refractivity contribution < 1.29 is 14.6 Å². The minimum atomic E-state index is -0.238. The molecule has 0 aromatic heterocycles. The summed E-state index contributed by atoms with van der Waals surface area (Å²) in [5, 5.41) is 12.6. The molecule has 5 heteroatoms. The number of aliphatic hydroxyl groups is 1. The van der Waals surface area contributed by atoms with Gasteiger partial charge in [-0.2, -0.15) is 0 Å². The van der Waals surface area contributed by atoms with Crippen LogP contribution in [0.5, 0.6) is 5.75 Å². The van der Waals surface area contributed by atoms with Crippen molar-refractivity contribution >= 4 is 17.5 Å². The molecule has 0 radical (unpaired) electrons. The monoisotopic (exact) mass is 285 g/mol. The Morgan fingerprint density at radius 3 is 2.68 bits per heavy atom. The number of methoxy groups -OCH3 is 1. The van der Waals surface area contributed by atoms with Gasteiger partial charge in [-0.25, -0.2) is 0 Å². The van der Waals surface area contributed by atoms with Gasteiger partial charge >= 0.3 is 0 Å². The largest absolute Gasteiger partial charge is 0.496 e. The molecule has 106 valence electrons. The van der Waals surface area contributed by atoms with Gasteiger partial charge in [0.15, 0.2) is 0 Å². The van der Waals surface area contributed by atoms with E-state index in [1.54, 1.807) is 25.3 Å². The fourth-order valence-electron chi connectivity index (χ4n) is 1.74. The molecule has 0 unspecified atom stereocenters. The first-order valence-electron chi connectivity index (χ1n) is 6.20. The molecule has 0 fully saturated rings. The second kappa shape index (κ2) is 7.36. The van der Waals surface area contributed by atoms with Crippen LogP contribution in [-0.4, -0.2) is 30.8 Å². The molecule has 4 nitrogen and oxygen atoms in total. The Hall–Kier alpha value is -1.26. The average molecular weight is 286 g/mol. The van der Waals surface area contributed by atoms with Crippen molar-refractivity contribution in [2.24, 2.45) is 5.92 Å². The van der Waals surface area contributed by atoms with Gasteiger partial charge in [0.1, 0.15) is 5.75 Å². The molecule has 1 aromatic rings. The van der Waals surface area contributed by atoms with Crippen molar-refractivity contribution in [1.82, 2.24) is 5.32 Å². The predicted octanol–water partition coefficient (Wildman–Crippen LogP) is 2.02. The Bertz CT molecular complexity index is 435. The van der Waals surface area contributed by atoms with E-state index in [1.807, 2.05) is 13.8 Å². The first kappa shape index (κ1) is 15.8. The van der Waals surface area contributed by atoms with E-state index in [-0.39, 0.29) is 30.9 Å². The number of halogens is 1. The lowest BCUT2D eigenvalue weighted by Gasteiger charge is -2.20. The fourth-order valence-corrected chi connectivity index (χ4v) is 1.93. The maximum absolute atomic E-state index is 11.9. The Kier molecular flexibility index (Phi) is 6.12. The smallest absolute Gasteiger partial charge is 0.224 e. The van der Waals surface area contributed by atoms with Crippen LogP contribution in [0.4, 0.5) is 0 Å². The predicted molar refractivity (Wildman–Crippen MR) is 75.6 cm³/mol. The Balaban J connectivity index is 2.73. The van der Waals surface area contributed by atoms with Gasteiger partial charge in [0.25, 0.3) is 0 Å². The fraction of sp³-hybridized carbons (Fsp3) is 0.500. The summed E-state index contributed by atoms with van der Waals surface area (Å²) in [6.45, 7) is 3.82. The van der Waals surface area contributed by atoms with Gasteiger partial charge in [-0.05, 0) is 24.1 Å². The van der Waals surface area contributed by atoms with Gasteiger partial charge in [-0.1, -0.05) is 25.4 Å². The highest BCUT2D eigenvalue weighted by Gasteiger charge is 2.16. The highest BCUT2D eigenvalue weighted by atomic mass is 35.5. The maximum atomic E-state index is 11.9. The highest BCUT2D eigenvalue weighted by Crippen LogP contribution is 2.23. The number of benzene rings is 1. The summed E-state index contributed by atoms with van der Waals surface area (Å²) in [7, 11) is 1.55. The van der Waals surface area contributed by atoms with Crippen LogP contribution in [0.3, 0.4) is 0 Å². The average Bonchev–Trinajstić information content (AvgIpc) is 2.35. The topological polar surface area (TPSA) is 58.6 Å². The molecule has 19 heavy (non-hydrogen) atoms. The molecular formula is C14H20ClNO3. The molecule has 0 aliphatic carbocycles.